The minimum absolute atomic E-state index is 0.000301. The molecule has 0 aliphatic heterocycles. The first kappa shape index (κ1) is 14.8. The van der Waals surface area contributed by atoms with Gasteiger partial charge in [-0.2, -0.15) is 11.8 Å². The van der Waals surface area contributed by atoms with Crippen LogP contribution < -0.4 is 11.1 Å². The van der Waals surface area contributed by atoms with E-state index in [-0.39, 0.29) is 10.7 Å². The van der Waals surface area contributed by atoms with Gasteiger partial charge in [-0.3, -0.25) is 4.79 Å². The number of thioether (sulfide) groups is 1. The van der Waals surface area contributed by atoms with Crippen LogP contribution in [0.1, 0.15) is 52.4 Å². The van der Waals surface area contributed by atoms with E-state index in [0.29, 0.717) is 0 Å². The van der Waals surface area contributed by atoms with Gasteiger partial charge in [0.1, 0.15) is 0 Å². The average molecular weight is 258 g/mol. The Morgan fingerprint density at radius 1 is 1.47 bits per heavy atom. The molecule has 0 bridgehead atoms. The van der Waals surface area contributed by atoms with Crippen LogP contribution in [-0.4, -0.2) is 29.0 Å². The van der Waals surface area contributed by atoms with Gasteiger partial charge in [-0.15, -0.1) is 0 Å². The molecule has 0 saturated heterocycles. The molecule has 3 N–H and O–H groups in total. The second-order valence-electron chi connectivity index (χ2n) is 5.44. The summed E-state index contributed by atoms with van der Waals surface area (Å²) in [5.74, 6) is -0.000301. The van der Waals surface area contributed by atoms with Gasteiger partial charge in [-0.05, 0) is 32.4 Å². The fraction of sp³-hybridized carbons (Fsp3) is 0.923. The topological polar surface area (TPSA) is 55.1 Å². The standard InChI is InChI=1S/C13H26N2OS/c1-4-7-12(2,14)11(16)15-10-13(17-3)8-5-6-9-13/h4-10,14H2,1-3H3,(H,15,16). The molecule has 0 aromatic rings. The lowest BCUT2D eigenvalue weighted by atomic mass is 9.96. The SMILES string of the molecule is CCCC(C)(N)C(=O)NCC1(SC)CCCC1. The van der Waals surface area contributed by atoms with Gasteiger partial charge in [0.15, 0.2) is 0 Å². The summed E-state index contributed by atoms with van der Waals surface area (Å²) < 4.78 is 0.262. The predicted molar refractivity (Wildman–Crippen MR) is 75.2 cm³/mol. The average Bonchev–Trinajstić information content (AvgIpc) is 2.75. The van der Waals surface area contributed by atoms with E-state index in [1.165, 1.54) is 25.7 Å². The third kappa shape index (κ3) is 3.88. The van der Waals surface area contributed by atoms with Crippen molar-refractivity contribution in [3.05, 3.63) is 0 Å². The van der Waals surface area contributed by atoms with Crippen molar-refractivity contribution in [1.82, 2.24) is 5.32 Å². The molecule has 3 nitrogen and oxygen atoms in total. The second-order valence-corrected chi connectivity index (χ2v) is 6.72. The Morgan fingerprint density at radius 2 is 2.06 bits per heavy atom. The van der Waals surface area contributed by atoms with Gasteiger partial charge in [-0.1, -0.05) is 26.2 Å². The highest BCUT2D eigenvalue weighted by atomic mass is 32.2. The maximum atomic E-state index is 12.0. The third-order valence-electron chi connectivity index (χ3n) is 3.81. The van der Waals surface area contributed by atoms with E-state index in [1.807, 2.05) is 18.7 Å². The zero-order valence-electron chi connectivity index (χ0n) is 11.3. The first-order valence-electron chi connectivity index (χ1n) is 6.58. The Morgan fingerprint density at radius 3 is 2.53 bits per heavy atom. The molecular formula is C13H26N2OS. The van der Waals surface area contributed by atoms with E-state index in [4.69, 9.17) is 5.73 Å². The predicted octanol–water partition coefficient (Wildman–Crippen LogP) is 2.30. The van der Waals surface area contributed by atoms with Crippen LogP contribution >= 0.6 is 11.8 Å². The quantitative estimate of drug-likeness (QED) is 0.768. The van der Waals surface area contributed by atoms with Gasteiger partial charge in [0.05, 0.1) is 5.54 Å². The van der Waals surface area contributed by atoms with E-state index < -0.39 is 5.54 Å². The number of hydrogen-bond acceptors (Lipinski definition) is 3. The van der Waals surface area contributed by atoms with Crippen molar-refractivity contribution in [2.45, 2.75) is 62.7 Å². The van der Waals surface area contributed by atoms with E-state index in [2.05, 4.69) is 18.5 Å². The lowest BCUT2D eigenvalue weighted by Gasteiger charge is -2.30. The molecule has 0 aromatic carbocycles. The molecule has 1 aliphatic rings. The summed E-state index contributed by atoms with van der Waals surface area (Å²) in [5, 5.41) is 3.06. The summed E-state index contributed by atoms with van der Waals surface area (Å²) in [6.45, 7) is 4.65. The van der Waals surface area contributed by atoms with Crippen LogP contribution in [0, 0.1) is 0 Å². The largest absolute Gasteiger partial charge is 0.353 e. The summed E-state index contributed by atoms with van der Waals surface area (Å²) in [6, 6.07) is 0. The minimum Gasteiger partial charge on any atom is -0.353 e. The summed E-state index contributed by atoms with van der Waals surface area (Å²) in [6.07, 6.45) is 8.81. The molecule has 0 radical (unpaired) electrons. The monoisotopic (exact) mass is 258 g/mol. The number of amides is 1. The van der Waals surface area contributed by atoms with Crippen LogP contribution in [0.5, 0.6) is 0 Å². The summed E-state index contributed by atoms with van der Waals surface area (Å²) in [7, 11) is 0. The normalized spacial score (nSPS) is 22.1. The fourth-order valence-electron chi connectivity index (χ4n) is 2.55. The molecule has 4 heteroatoms. The first-order chi connectivity index (χ1) is 7.96. The van der Waals surface area contributed by atoms with Crippen molar-refractivity contribution in [2.75, 3.05) is 12.8 Å². The Kier molecular flexibility index (Phi) is 5.32. The van der Waals surface area contributed by atoms with Crippen LogP contribution in [0.4, 0.5) is 0 Å². The first-order valence-corrected chi connectivity index (χ1v) is 7.80. The van der Waals surface area contributed by atoms with E-state index in [0.717, 1.165) is 19.4 Å². The van der Waals surface area contributed by atoms with E-state index in [1.54, 1.807) is 0 Å². The Hall–Kier alpha value is -0.220. The smallest absolute Gasteiger partial charge is 0.239 e. The van der Waals surface area contributed by atoms with Crippen molar-refractivity contribution in [3.8, 4) is 0 Å². The molecule has 0 aromatic heterocycles. The van der Waals surface area contributed by atoms with Crippen molar-refractivity contribution in [3.63, 3.8) is 0 Å². The summed E-state index contributed by atoms with van der Waals surface area (Å²) in [4.78, 5) is 12.0. The Balaban J connectivity index is 2.46. The van der Waals surface area contributed by atoms with Crippen molar-refractivity contribution < 1.29 is 4.79 Å². The molecule has 100 valence electrons. The highest BCUT2D eigenvalue weighted by molar-refractivity contribution is 8.00. The van der Waals surface area contributed by atoms with Crippen LogP contribution in [-0.2, 0) is 4.79 Å². The molecule has 1 unspecified atom stereocenters. The zero-order chi connectivity index (χ0) is 12.9. The minimum atomic E-state index is -0.715. The molecule has 0 spiro atoms. The van der Waals surface area contributed by atoms with Crippen LogP contribution in [0.15, 0.2) is 0 Å². The van der Waals surface area contributed by atoms with Gasteiger partial charge in [-0.25, -0.2) is 0 Å². The zero-order valence-corrected chi connectivity index (χ0v) is 12.2. The van der Waals surface area contributed by atoms with Gasteiger partial charge < -0.3 is 11.1 Å². The molecule has 1 rings (SSSR count). The van der Waals surface area contributed by atoms with Gasteiger partial charge in [0.2, 0.25) is 5.91 Å². The van der Waals surface area contributed by atoms with Crippen molar-refractivity contribution in [1.29, 1.82) is 0 Å². The molecule has 1 saturated carbocycles. The maximum absolute atomic E-state index is 12.0. The second kappa shape index (κ2) is 6.10. The van der Waals surface area contributed by atoms with Crippen molar-refractivity contribution >= 4 is 17.7 Å². The molecule has 1 amide bonds. The summed E-state index contributed by atoms with van der Waals surface area (Å²) >= 11 is 1.89. The molecular weight excluding hydrogens is 232 g/mol. The van der Waals surface area contributed by atoms with Crippen LogP contribution in [0.3, 0.4) is 0 Å². The maximum Gasteiger partial charge on any atom is 0.239 e. The Labute approximate surface area is 109 Å². The van der Waals surface area contributed by atoms with Gasteiger partial charge in [0.25, 0.3) is 0 Å². The van der Waals surface area contributed by atoms with Crippen LogP contribution in [0.25, 0.3) is 0 Å². The van der Waals surface area contributed by atoms with Gasteiger partial charge in [0, 0.05) is 11.3 Å². The fourth-order valence-corrected chi connectivity index (χ4v) is 3.46. The summed E-state index contributed by atoms with van der Waals surface area (Å²) in [5.41, 5.74) is 5.31. The Bertz CT molecular complexity index is 260. The van der Waals surface area contributed by atoms with Crippen molar-refractivity contribution in [2.24, 2.45) is 5.73 Å². The van der Waals surface area contributed by atoms with E-state index in [9.17, 15) is 4.79 Å². The number of rotatable bonds is 6. The number of nitrogens with one attached hydrogen (secondary N) is 1. The number of carbonyl (C=O) groups is 1. The van der Waals surface area contributed by atoms with Gasteiger partial charge >= 0.3 is 0 Å². The number of carbonyl (C=O) groups excluding carboxylic acids is 1. The van der Waals surface area contributed by atoms with Crippen LogP contribution in [0.2, 0.25) is 0 Å². The van der Waals surface area contributed by atoms with E-state index >= 15 is 0 Å². The molecule has 1 aliphatic carbocycles. The lowest BCUT2D eigenvalue weighted by molar-refractivity contribution is -0.126. The third-order valence-corrected chi connectivity index (χ3v) is 5.23. The molecule has 1 atom stereocenters. The highest BCUT2D eigenvalue weighted by Gasteiger charge is 2.35. The number of nitrogens with two attached hydrogens (primary N) is 1. The molecule has 0 heterocycles. The lowest BCUT2D eigenvalue weighted by Crippen LogP contribution is -2.54. The molecule has 17 heavy (non-hydrogen) atoms. The molecule has 1 fully saturated rings. The highest BCUT2D eigenvalue weighted by Crippen LogP contribution is 2.39. The number of hydrogen-bond donors (Lipinski definition) is 2.